The maximum absolute atomic E-state index is 9.93. The van der Waals surface area contributed by atoms with Gasteiger partial charge in [0.2, 0.25) is 5.88 Å². The number of rotatable bonds is 2. The SMILES string of the molecule is Cc1ccc(-n2c(O)cc(CI)c2O)cc1. The smallest absolute Gasteiger partial charge is 0.202 e. The van der Waals surface area contributed by atoms with Crippen LogP contribution in [-0.2, 0) is 4.43 Å². The lowest BCUT2D eigenvalue weighted by Gasteiger charge is -2.07. The number of benzene rings is 1. The molecule has 2 N–H and O–H groups in total. The molecule has 1 aromatic heterocycles. The highest BCUT2D eigenvalue weighted by molar-refractivity contribution is 14.1. The number of aromatic nitrogens is 1. The summed E-state index contributed by atoms with van der Waals surface area (Å²) in [5.74, 6) is 0.170. The van der Waals surface area contributed by atoms with Gasteiger partial charge in [-0.15, -0.1) is 0 Å². The highest BCUT2D eigenvalue weighted by Crippen LogP contribution is 2.32. The molecule has 0 aliphatic carbocycles. The van der Waals surface area contributed by atoms with E-state index in [4.69, 9.17) is 0 Å². The van der Waals surface area contributed by atoms with E-state index >= 15 is 0 Å². The highest BCUT2D eigenvalue weighted by atomic mass is 127. The maximum atomic E-state index is 9.93. The van der Waals surface area contributed by atoms with Gasteiger partial charge in [-0.05, 0) is 19.1 Å². The number of hydrogen-bond acceptors (Lipinski definition) is 2. The van der Waals surface area contributed by atoms with Gasteiger partial charge in [-0.1, -0.05) is 40.3 Å². The van der Waals surface area contributed by atoms with E-state index in [0.29, 0.717) is 4.43 Å². The normalized spacial score (nSPS) is 10.6. The second-order valence-electron chi connectivity index (χ2n) is 3.66. The maximum Gasteiger partial charge on any atom is 0.202 e. The number of aryl methyl sites for hydroxylation is 1. The van der Waals surface area contributed by atoms with Crippen LogP contribution in [0.2, 0.25) is 0 Å². The van der Waals surface area contributed by atoms with Crippen LogP contribution in [-0.4, -0.2) is 14.8 Å². The zero-order chi connectivity index (χ0) is 11.7. The summed E-state index contributed by atoms with van der Waals surface area (Å²) in [6.07, 6.45) is 0. The van der Waals surface area contributed by atoms with Crippen LogP contribution < -0.4 is 0 Å². The van der Waals surface area contributed by atoms with E-state index in [-0.39, 0.29) is 11.8 Å². The Bertz CT molecular complexity index is 502. The first kappa shape index (κ1) is 11.3. The summed E-state index contributed by atoms with van der Waals surface area (Å²) >= 11 is 2.15. The summed E-state index contributed by atoms with van der Waals surface area (Å²) < 4.78 is 2.10. The molecule has 0 spiro atoms. The molecule has 0 bridgehead atoms. The molecule has 3 nitrogen and oxygen atoms in total. The first-order chi connectivity index (χ1) is 7.63. The van der Waals surface area contributed by atoms with E-state index in [1.807, 2.05) is 31.2 Å². The minimum absolute atomic E-state index is 0.0630. The van der Waals surface area contributed by atoms with Gasteiger partial charge in [0.15, 0.2) is 5.88 Å². The van der Waals surface area contributed by atoms with E-state index in [1.54, 1.807) is 6.07 Å². The molecule has 0 aliphatic rings. The van der Waals surface area contributed by atoms with E-state index in [9.17, 15) is 10.2 Å². The van der Waals surface area contributed by atoms with Gasteiger partial charge in [0.1, 0.15) is 0 Å². The predicted octanol–water partition coefficient (Wildman–Crippen LogP) is 3.13. The van der Waals surface area contributed by atoms with Crippen LogP contribution in [0.5, 0.6) is 11.8 Å². The van der Waals surface area contributed by atoms with Crippen molar-refractivity contribution in [3.8, 4) is 17.4 Å². The van der Waals surface area contributed by atoms with Crippen LogP contribution >= 0.6 is 22.6 Å². The molecule has 0 saturated carbocycles. The molecule has 0 fully saturated rings. The number of aromatic hydroxyl groups is 2. The average molecular weight is 329 g/mol. The van der Waals surface area contributed by atoms with E-state index < -0.39 is 0 Å². The van der Waals surface area contributed by atoms with Crippen molar-refractivity contribution in [3.05, 3.63) is 41.5 Å². The third kappa shape index (κ3) is 1.89. The zero-order valence-corrected chi connectivity index (χ0v) is 11.0. The van der Waals surface area contributed by atoms with Crippen molar-refractivity contribution in [1.82, 2.24) is 4.57 Å². The number of alkyl halides is 1. The Labute approximate surface area is 107 Å². The monoisotopic (exact) mass is 329 g/mol. The van der Waals surface area contributed by atoms with Crippen molar-refractivity contribution < 1.29 is 10.2 Å². The van der Waals surface area contributed by atoms with Gasteiger partial charge in [0, 0.05) is 16.1 Å². The van der Waals surface area contributed by atoms with Crippen LogP contribution in [0, 0.1) is 6.92 Å². The Morgan fingerprint density at radius 2 is 1.81 bits per heavy atom. The third-order valence-electron chi connectivity index (χ3n) is 2.47. The van der Waals surface area contributed by atoms with Crippen LogP contribution in [0.3, 0.4) is 0 Å². The Morgan fingerprint density at radius 3 is 2.31 bits per heavy atom. The van der Waals surface area contributed by atoms with Crippen LogP contribution in [0.15, 0.2) is 30.3 Å². The molecule has 2 aromatic rings. The molecule has 2 rings (SSSR count). The van der Waals surface area contributed by atoms with Gasteiger partial charge in [-0.3, -0.25) is 4.57 Å². The van der Waals surface area contributed by atoms with Crippen molar-refractivity contribution >= 4 is 22.6 Å². The number of halogens is 1. The van der Waals surface area contributed by atoms with Gasteiger partial charge in [-0.25, -0.2) is 0 Å². The summed E-state index contributed by atoms with van der Waals surface area (Å²) in [6, 6.07) is 9.20. The summed E-state index contributed by atoms with van der Waals surface area (Å²) in [6.45, 7) is 2.00. The van der Waals surface area contributed by atoms with Gasteiger partial charge in [0.05, 0.1) is 5.69 Å². The summed E-state index contributed by atoms with van der Waals surface area (Å²) in [5, 5.41) is 19.7. The fraction of sp³-hybridized carbons (Fsp3) is 0.167. The minimum atomic E-state index is 0.0630. The van der Waals surface area contributed by atoms with Crippen molar-refractivity contribution in [2.45, 2.75) is 11.4 Å². The standard InChI is InChI=1S/C12H12INO2/c1-8-2-4-10(5-3-8)14-11(15)6-9(7-13)12(14)16/h2-6,15-16H,7H2,1H3. The lowest BCUT2D eigenvalue weighted by Crippen LogP contribution is -1.92. The average Bonchev–Trinajstić information content (AvgIpc) is 2.56. The lowest BCUT2D eigenvalue weighted by atomic mass is 10.2. The van der Waals surface area contributed by atoms with E-state index in [0.717, 1.165) is 16.8 Å². The molecular weight excluding hydrogens is 317 g/mol. The molecule has 0 radical (unpaired) electrons. The first-order valence-corrected chi connectivity index (χ1v) is 6.41. The molecule has 16 heavy (non-hydrogen) atoms. The van der Waals surface area contributed by atoms with Gasteiger partial charge < -0.3 is 10.2 Å². The Kier molecular flexibility index (Phi) is 3.09. The van der Waals surface area contributed by atoms with Crippen molar-refractivity contribution in [3.63, 3.8) is 0 Å². The van der Waals surface area contributed by atoms with Crippen LogP contribution in [0.25, 0.3) is 5.69 Å². The third-order valence-corrected chi connectivity index (χ3v) is 3.29. The van der Waals surface area contributed by atoms with Crippen molar-refractivity contribution in [2.75, 3.05) is 0 Å². The Hall–Kier alpha value is -1.17. The van der Waals surface area contributed by atoms with Crippen LogP contribution in [0.4, 0.5) is 0 Å². The van der Waals surface area contributed by atoms with Crippen molar-refractivity contribution in [1.29, 1.82) is 0 Å². The largest absolute Gasteiger partial charge is 0.494 e. The molecular formula is C12H12INO2. The van der Waals surface area contributed by atoms with Gasteiger partial charge in [-0.2, -0.15) is 0 Å². The fourth-order valence-electron chi connectivity index (χ4n) is 1.58. The molecule has 0 unspecified atom stereocenters. The van der Waals surface area contributed by atoms with Crippen LogP contribution in [0.1, 0.15) is 11.1 Å². The van der Waals surface area contributed by atoms with Gasteiger partial charge in [0.25, 0.3) is 0 Å². The molecule has 0 aliphatic heterocycles. The van der Waals surface area contributed by atoms with E-state index in [2.05, 4.69) is 22.6 Å². The summed E-state index contributed by atoms with van der Waals surface area (Å²) in [7, 11) is 0. The zero-order valence-electron chi connectivity index (χ0n) is 8.81. The molecule has 0 amide bonds. The minimum Gasteiger partial charge on any atom is -0.494 e. The van der Waals surface area contributed by atoms with E-state index in [1.165, 1.54) is 4.57 Å². The molecule has 1 aromatic carbocycles. The second kappa shape index (κ2) is 4.37. The molecule has 0 atom stereocenters. The van der Waals surface area contributed by atoms with Gasteiger partial charge >= 0.3 is 0 Å². The molecule has 0 saturated heterocycles. The summed E-state index contributed by atoms with van der Waals surface area (Å²) in [4.78, 5) is 0. The molecule has 4 heteroatoms. The first-order valence-electron chi connectivity index (χ1n) is 4.89. The molecule has 84 valence electrons. The number of nitrogens with zero attached hydrogens (tertiary/aromatic N) is 1. The lowest BCUT2D eigenvalue weighted by molar-refractivity contribution is 0.401. The Balaban J connectivity index is 2.55. The topological polar surface area (TPSA) is 45.4 Å². The predicted molar refractivity (Wildman–Crippen MR) is 71.6 cm³/mol. The highest BCUT2D eigenvalue weighted by Gasteiger charge is 2.13. The summed E-state index contributed by atoms with van der Waals surface area (Å²) in [5.41, 5.74) is 2.64. The van der Waals surface area contributed by atoms with Crippen molar-refractivity contribution in [2.24, 2.45) is 0 Å². The quantitative estimate of drug-likeness (QED) is 0.657. The number of hydrogen-bond donors (Lipinski definition) is 2. The molecule has 1 heterocycles. The fourth-order valence-corrected chi connectivity index (χ4v) is 2.15. The second-order valence-corrected chi connectivity index (χ2v) is 4.42. The Morgan fingerprint density at radius 1 is 1.19 bits per heavy atom.